The predicted octanol–water partition coefficient (Wildman–Crippen LogP) is 4.40. The molecule has 0 saturated heterocycles. The minimum atomic E-state index is -0.314. The summed E-state index contributed by atoms with van der Waals surface area (Å²) in [6.07, 6.45) is 2.93. The van der Waals surface area contributed by atoms with Crippen molar-refractivity contribution in [2.75, 3.05) is 5.32 Å². The Labute approximate surface area is 122 Å². The summed E-state index contributed by atoms with van der Waals surface area (Å²) < 4.78 is 0.741. The van der Waals surface area contributed by atoms with Crippen LogP contribution in [0.25, 0.3) is 0 Å². The quantitative estimate of drug-likeness (QED) is 0.876. The van der Waals surface area contributed by atoms with Crippen LogP contribution in [-0.2, 0) is 0 Å². The summed E-state index contributed by atoms with van der Waals surface area (Å²) >= 11 is 15.1. The zero-order valence-electron chi connectivity index (χ0n) is 8.95. The van der Waals surface area contributed by atoms with Crippen molar-refractivity contribution in [3.63, 3.8) is 0 Å². The minimum absolute atomic E-state index is 0.299. The predicted molar refractivity (Wildman–Crippen MR) is 76.4 cm³/mol. The van der Waals surface area contributed by atoms with Gasteiger partial charge in [0.2, 0.25) is 0 Å². The van der Waals surface area contributed by atoms with Gasteiger partial charge in [-0.05, 0) is 40.2 Å². The number of amides is 1. The van der Waals surface area contributed by atoms with Crippen LogP contribution in [0, 0.1) is 0 Å². The number of nitrogens with zero attached hydrogens (tertiary/aromatic N) is 1. The second-order valence-corrected chi connectivity index (χ2v) is 5.13. The van der Waals surface area contributed by atoms with Crippen molar-refractivity contribution in [1.82, 2.24) is 4.98 Å². The fourth-order valence-corrected chi connectivity index (χ4v) is 2.07. The van der Waals surface area contributed by atoms with E-state index in [0.29, 0.717) is 21.3 Å². The minimum Gasteiger partial charge on any atom is -0.321 e. The molecule has 1 heterocycles. The fourth-order valence-electron chi connectivity index (χ4n) is 1.34. The largest absolute Gasteiger partial charge is 0.321 e. The summed E-state index contributed by atoms with van der Waals surface area (Å²) in [5.41, 5.74) is 0.943. The van der Waals surface area contributed by atoms with Crippen LogP contribution in [0.2, 0.25) is 10.0 Å². The van der Waals surface area contributed by atoms with Crippen molar-refractivity contribution in [2.45, 2.75) is 0 Å². The first-order chi connectivity index (χ1) is 8.58. The van der Waals surface area contributed by atoms with Gasteiger partial charge in [0.25, 0.3) is 5.91 Å². The first kappa shape index (κ1) is 13.3. The van der Waals surface area contributed by atoms with E-state index in [-0.39, 0.29) is 5.91 Å². The number of aromatic nitrogens is 1. The maximum atomic E-state index is 12.0. The summed E-state index contributed by atoms with van der Waals surface area (Å²) in [5.74, 6) is -0.314. The SMILES string of the molecule is O=C(Nc1cc(Cl)ccc1Br)c1ccncc1Cl. The van der Waals surface area contributed by atoms with E-state index in [1.807, 2.05) is 0 Å². The van der Waals surface area contributed by atoms with E-state index in [2.05, 4.69) is 26.2 Å². The molecule has 0 aliphatic heterocycles. The first-order valence-electron chi connectivity index (χ1n) is 4.94. The van der Waals surface area contributed by atoms with Gasteiger partial charge in [0.15, 0.2) is 0 Å². The summed E-state index contributed by atoms with van der Waals surface area (Å²) in [6, 6.07) is 6.68. The van der Waals surface area contributed by atoms with E-state index in [1.165, 1.54) is 12.4 Å². The van der Waals surface area contributed by atoms with Crippen LogP contribution in [0.1, 0.15) is 10.4 Å². The van der Waals surface area contributed by atoms with E-state index in [9.17, 15) is 4.79 Å². The summed E-state index contributed by atoms with van der Waals surface area (Å²) in [4.78, 5) is 15.8. The number of halogens is 3. The van der Waals surface area contributed by atoms with Crippen molar-refractivity contribution in [1.29, 1.82) is 0 Å². The maximum absolute atomic E-state index is 12.0. The molecule has 6 heteroatoms. The van der Waals surface area contributed by atoms with Crippen LogP contribution in [0.3, 0.4) is 0 Å². The molecule has 0 aliphatic rings. The number of nitrogens with one attached hydrogen (secondary N) is 1. The lowest BCUT2D eigenvalue weighted by atomic mass is 10.2. The highest BCUT2D eigenvalue weighted by atomic mass is 79.9. The highest BCUT2D eigenvalue weighted by molar-refractivity contribution is 9.10. The van der Waals surface area contributed by atoms with Gasteiger partial charge in [-0.3, -0.25) is 9.78 Å². The van der Waals surface area contributed by atoms with E-state index in [0.717, 1.165) is 4.47 Å². The Kier molecular flexibility index (Phi) is 4.22. The van der Waals surface area contributed by atoms with Gasteiger partial charge in [-0.15, -0.1) is 0 Å². The smallest absolute Gasteiger partial charge is 0.257 e. The van der Waals surface area contributed by atoms with Crippen LogP contribution in [-0.4, -0.2) is 10.9 Å². The van der Waals surface area contributed by atoms with Gasteiger partial charge >= 0.3 is 0 Å². The van der Waals surface area contributed by atoms with Crippen LogP contribution < -0.4 is 5.32 Å². The van der Waals surface area contributed by atoms with Gasteiger partial charge in [-0.25, -0.2) is 0 Å². The average molecular weight is 346 g/mol. The summed E-state index contributed by atoms with van der Waals surface area (Å²) in [5, 5.41) is 3.56. The highest BCUT2D eigenvalue weighted by Crippen LogP contribution is 2.27. The second-order valence-electron chi connectivity index (χ2n) is 3.43. The molecule has 1 aromatic heterocycles. The number of carbonyl (C=O) groups excluding carboxylic acids is 1. The van der Waals surface area contributed by atoms with Crippen LogP contribution >= 0.6 is 39.1 Å². The summed E-state index contributed by atoms with van der Waals surface area (Å²) in [7, 11) is 0. The van der Waals surface area contributed by atoms with Gasteiger partial charge in [0, 0.05) is 21.9 Å². The summed E-state index contributed by atoms with van der Waals surface area (Å²) in [6.45, 7) is 0. The molecular formula is C12H7BrCl2N2O. The lowest BCUT2D eigenvalue weighted by molar-refractivity contribution is 0.102. The number of hydrogen-bond donors (Lipinski definition) is 1. The van der Waals surface area contributed by atoms with E-state index >= 15 is 0 Å². The molecule has 3 nitrogen and oxygen atoms in total. The normalized spacial score (nSPS) is 10.2. The van der Waals surface area contributed by atoms with E-state index in [1.54, 1.807) is 24.3 Å². The average Bonchev–Trinajstić information content (AvgIpc) is 2.34. The third-order valence-electron chi connectivity index (χ3n) is 2.19. The molecule has 92 valence electrons. The molecule has 0 fully saturated rings. The Balaban J connectivity index is 2.27. The molecule has 0 unspecified atom stereocenters. The Morgan fingerprint density at radius 1 is 1.28 bits per heavy atom. The molecule has 1 amide bonds. The van der Waals surface area contributed by atoms with Gasteiger partial charge < -0.3 is 5.32 Å². The van der Waals surface area contributed by atoms with Crippen molar-refractivity contribution in [3.05, 3.63) is 56.7 Å². The highest BCUT2D eigenvalue weighted by Gasteiger charge is 2.11. The number of carbonyl (C=O) groups is 1. The van der Waals surface area contributed by atoms with Gasteiger partial charge in [0.05, 0.1) is 16.3 Å². The molecule has 0 aliphatic carbocycles. The first-order valence-corrected chi connectivity index (χ1v) is 6.49. The van der Waals surface area contributed by atoms with Crippen LogP contribution in [0.5, 0.6) is 0 Å². The lowest BCUT2D eigenvalue weighted by Gasteiger charge is -2.08. The van der Waals surface area contributed by atoms with Gasteiger partial charge in [-0.1, -0.05) is 23.2 Å². The van der Waals surface area contributed by atoms with Crippen LogP contribution in [0.15, 0.2) is 41.1 Å². The van der Waals surface area contributed by atoms with Gasteiger partial charge in [-0.2, -0.15) is 0 Å². The molecular weight excluding hydrogens is 339 g/mol. The molecule has 1 aromatic carbocycles. The third-order valence-corrected chi connectivity index (χ3v) is 3.42. The molecule has 2 rings (SSSR count). The standard InChI is InChI=1S/C12H7BrCl2N2O/c13-9-2-1-7(14)5-11(9)17-12(18)8-3-4-16-6-10(8)15/h1-6H,(H,17,18). The Morgan fingerprint density at radius 2 is 2.06 bits per heavy atom. The molecule has 2 aromatic rings. The number of anilines is 1. The zero-order valence-corrected chi connectivity index (χ0v) is 12.1. The van der Waals surface area contributed by atoms with E-state index in [4.69, 9.17) is 23.2 Å². The third kappa shape index (κ3) is 3.02. The van der Waals surface area contributed by atoms with Crippen LogP contribution in [0.4, 0.5) is 5.69 Å². The number of pyridine rings is 1. The Bertz CT molecular complexity index is 604. The maximum Gasteiger partial charge on any atom is 0.257 e. The molecule has 0 saturated carbocycles. The second kappa shape index (κ2) is 5.69. The van der Waals surface area contributed by atoms with Gasteiger partial charge in [0.1, 0.15) is 0 Å². The number of hydrogen-bond acceptors (Lipinski definition) is 2. The molecule has 0 atom stereocenters. The molecule has 0 bridgehead atoms. The number of benzene rings is 1. The molecule has 1 N–H and O–H groups in total. The Hall–Kier alpha value is -1.10. The van der Waals surface area contributed by atoms with Crippen molar-refractivity contribution >= 4 is 50.7 Å². The molecule has 0 radical (unpaired) electrons. The fraction of sp³-hybridized carbons (Fsp3) is 0. The lowest BCUT2D eigenvalue weighted by Crippen LogP contribution is -2.12. The zero-order chi connectivity index (χ0) is 13.1. The van der Waals surface area contributed by atoms with E-state index < -0.39 is 0 Å². The van der Waals surface area contributed by atoms with Crippen molar-refractivity contribution in [2.24, 2.45) is 0 Å². The molecule has 0 spiro atoms. The number of rotatable bonds is 2. The molecule has 18 heavy (non-hydrogen) atoms. The monoisotopic (exact) mass is 344 g/mol. The topological polar surface area (TPSA) is 42.0 Å². The van der Waals surface area contributed by atoms with Crippen molar-refractivity contribution < 1.29 is 4.79 Å². The van der Waals surface area contributed by atoms with Crippen molar-refractivity contribution in [3.8, 4) is 0 Å². The Morgan fingerprint density at radius 3 is 2.78 bits per heavy atom.